The molecule has 1 heteroatoms. The van der Waals surface area contributed by atoms with Gasteiger partial charge in [0.15, 0.2) is 0 Å². The Morgan fingerprint density at radius 2 is 2.25 bits per heavy atom. The molecular formula is C11H19N. The van der Waals surface area contributed by atoms with Crippen LogP contribution in [0, 0.1) is 17.8 Å². The van der Waals surface area contributed by atoms with Gasteiger partial charge in [-0.3, -0.25) is 0 Å². The van der Waals surface area contributed by atoms with Crippen molar-refractivity contribution in [1.29, 1.82) is 0 Å². The first-order chi connectivity index (χ1) is 5.67. The maximum Gasteiger partial charge on any atom is 0.0576 e. The molecule has 1 nitrogen and oxygen atoms in total. The summed E-state index contributed by atoms with van der Waals surface area (Å²) in [4.78, 5) is 0. The monoisotopic (exact) mass is 165 g/mol. The molecule has 1 rings (SSSR count). The van der Waals surface area contributed by atoms with Gasteiger partial charge in [-0.05, 0) is 18.3 Å². The first-order valence-corrected chi connectivity index (χ1v) is 4.83. The highest BCUT2D eigenvalue weighted by molar-refractivity contribution is 4.93. The molecule has 0 heterocycles. The summed E-state index contributed by atoms with van der Waals surface area (Å²) in [7, 11) is 0. The van der Waals surface area contributed by atoms with Gasteiger partial charge in [-0.25, -0.2) is 0 Å². The summed E-state index contributed by atoms with van der Waals surface area (Å²) in [5.74, 6) is 2.64. The fourth-order valence-electron chi connectivity index (χ4n) is 2.05. The molecule has 1 fully saturated rings. The Hall–Kier alpha value is -0.480. The van der Waals surface area contributed by atoms with Crippen molar-refractivity contribution < 1.29 is 0 Å². The standard InChI is InChI=1S/C11H19N/c1-4-9-12-10-7-5-6-8-11(10,2)3/h1,10,12H,5-9H2,2-3H3. The minimum absolute atomic E-state index is 0.440. The molecule has 1 N–H and O–H groups in total. The van der Waals surface area contributed by atoms with Crippen molar-refractivity contribution in [2.24, 2.45) is 5.41 Å². The van der Waals surface area contributed by atoms with Gasteiger partial charge in [0.2, 0.25) is 0 Å². The van der Waals surface area contributed by atoms with Crippen LogP contribution in [0.4, 0.5) is 0 Å². The topological polar surface area (TPSA) is 12.0 Å². The van der Waals surface area contributed by atoms with Gasteiger partial charge in [0, 0.05) is 6.04 Å². The zero-order valence-electron chi connectivity index (χ0n) is 8.19. The molecule has 1 aliphatic rings. The smallest absolute Gasteiger partial charge is 0.0576 e. The summed E-state index contributed by atoms with van der Waals surface area (Å²) in [5, 5.41) is 3.43. The average Bonchev–Trinajstić information content (AvgIpc) is 2.02. The second-order valence-corrected chi connectivity index (χ2v) is 4.37. The molecule has 1 unspecified atom stereocenters. The molecule has 0 bridgehead atoms. The number of terminal acetylenes is 1. The summed E-state index contributed by atoms with van der Waals surface area (Å²) in [5.41, 5.74) is 0.440. The van der Waals surface area contributed by atoms with Crippen LogP contribution >= 0.6 is 0 Å². The normalized spacial score (nSPS) is 27.9. The van der Waals surface area contributed by atoms with E-state index in [1.54, 1.807) is 0 Å². The SMILES string of the molecule is C#CCNC1CCCCC1(C)C. The summed E-state index contributed by atoms with van der Waals surface area (Å²) in [6.07, 6.45) is 10.6. The van der Waals surface area contributed by atoms with E-state index in [1.165, 1.54) is 25.7 Å². The van der Waals surface area contributed by atoms with E-state index in [-0.39, 0.29) is 0 Å². The van der Waals surface area contributed by atoms with Crippen LogP contribution in [0.15, 0.2) is 0 Å². The van der Waals surface area contributed by atoms with Gasteiger partial charge in [-0.15, -0.1) is 6.42 Å². The number of hydrogen-bond donors (Lipinski definition) is 1. The van der Waals surface area contributed by atoms with Crippen molar-refractivity contribution in [3.63, 3.8) is 0 Å². The molecule has 0 spiro atoms. The second kappa shape index (κ2) is 3.96. The quantitative estimate of drug-likeness (QED) is 0.618. The lowest BCUT2D eigenvalue weighted by Crippen LogP contribution is -2.44. The van der Waals surface area contributed by atoms with Crippen LogP contribution in [0.2, 0.25) is 0 Å². The van der Waals surface area contributed by atoms with Crippen LogP contribution in [0.25, 0.3) is 0 Å². The lowest BCUT2D eigenvalue weighted by Gasteiger charge is -2.38. The van der Waals surface area contributed by atoms with Gasteiger partial charge in [0.1, 0.15) is 0 Å². The minimum Gasteiger partial charge on any atom is -0.303 e. The number of hydrogen-bond acceptors (Lipinski definition) is 1. The van der Waals surface area contributed by atoms with Gasteiger partial charge in [0.25, 0.3) is 0 Å². The van der Waals surface area contributed by atoms with Gasteiger partial charge in [-0.1, -0.05) is 32.6 Å². The molecule has 1 saturated carbocycles. The first kappa shape index (κ1) is 9.61. The molecule has 68 valence electrons. The van der Waals surface area contributed by atoms with Crippen LogP contribution < -0.4 is 5.32 Å². The lowest BCUT2D eigenvalue weighted by molar-refractivity contribution is 0.172. The molecule has 0 aromatic heterocycles. The highest BCUT2D eigenvalue weighted by Crippen LogP contribution is 2.35. The fourth-order valence-corrected chi connectivity index (χ4v) is 2.05. The van der Waals surface area contributed by atoms with E-state index in [0.29, 0.717) is 18.0 Å². The summed E-state index contributed by atoms with van der Waals surface area (Å²) >= 11 is 0. The predicted octanol–water partition coefficient (Wildman–Crippen LogP) is 2.18. The third-order valence-electron chi connectivity index (χ3n) is 2.96. The maximum atomic E-state index is 5.22. The average molecular weight is 165 g/mol. The van der Waals surface area contributed by atoms with Gasteiger partial charge < -0.3 is 5.32 Å². The fraction of sp³-hybridized carbons (Fsp3) is 0.818. The van der Waals surface area contributed by atoms with Gasteiger partial charge in [0.05, 0.1) is 6.54 Å². The summed E-state index contributed by atoms with van der Waals surface area (Å²) in [6, 6.07) is 0.627. The number of nitrogens with one attached hydrogen (secondary N) is 1. The van der Waals surface area contributed by atoms with Crippen molar-refractivity contribution in [2.75, 3.05) is 6.54 Å². The molecule has 1 aliphatic carbocycles. The van der Waals surface area contributed by atoms with Crippen LogP contribution in [0.3, 0.4) is 0 Å². The molecule has 1 atom stereocenters. The van der Waals surface area contributed by atoms with Crippen molar-refractivity contribution in [1.82, 2.24) is 5.32 Å². The zero-order valence-corrected chi connectivity index (χ0v) is 8.19. The van der Waals surface area contributed by atoms with Crippen LogP contribution in [-0.4, -0.2) is 12.6 Å². The molecule has 0 aliphatic heterocycles. The van der Waals surface area contributed by atoms with E-state index in [9.17, 15) is 0 Å². The van der Waals surface area contributed by atoms with E-state index in [4.69, 9.17) is 6.42 Å². The molecule has 0 aromatic carbocycles. The van der Waals surface area contributed by atoms with Crippen molar-refractivity contribution in [3.8, 4) is 12.3 Å². The van der Waals surface area contributed by atoms with Crippen LogP contribution in [0.1, 0.15) is 39.5 Å². The van der Waals surface area contributed by atoms with Crippen molar-refractivity contribution in [2.45, 2.75) is 45.6 Å². The van der Waals surface area contributed by atoms with Crippen molar-refractivity contribution >= 4 is 0 Å². The summed E-state index contributed by atoms with van der Waals surface area (Å²) in [6.45, 7) is 5.38. The molecular weight excluding hydrogens is 146 g/mol. The number of rotatable bonds is 2. The Morgan fingerprint density at radius 3 is 2.83 bits per heavy atom. The van der Waals surface area contributed by atoms with Crippen LogP contribution in [0.5, 0.6) is 0 Å². The van der Waals surface area contributed by atoms with E-state index in [2.05, 4.69) is 25.1 Å². The Balaban J connectivity index is 2.44. The molecule has 12 heavy (non-hydrogen) atoms. The van der Waals surface area contributed by atoms with Gasteiger partial charge in [-0.2, -0.15) is 0 Å². The second-order valence-electron chi connectivity index (χ2n) is 4.37. The van der Waals surface area contributed by atoms with E-state index in [0.717, 1.165) is 0 Å². The third-order valence-corrected chi connectivity index (χ3v) is 2.96. The predicted molar refractivity (Wildman–Crippen MR) is 52.9 cm³/mol. The molecule has 0 saturated heterocycles. The van der Waals surface area contributed by atoms with E-state index < -0.39 is 0 Å². The maximum absolute atomic E-state index is 5.22. The molecule has 0 radical (unpaired) electrons. The van der Waals surface area contributed by atoms with Gasteiger partial charge >= 0.3 is 0 Å². The highest BCUT2D eigenvalue weighted by Gasteiger charge is 2.31. The lowest BCUT2D eigenvalue weighted by atomic mass is 9.73. The zero-order chi connectivity index (χ0) is 9.03. The molecule has 0 amide bonds. The van der Waals surface area contributed by atoms with Crippen LogP contribution in [-0.2, 0) is 0 Å². The van der Waals surface area contributed by atoms with E-state index in [1.807, 2.05) is 0 Å². The summed E-state index contributed by atoms with van der Waals surface area (Å²) < 4.78 is 0. The minimum atomic E-state index is 0.440. The third kappa shape index (κ3) is 2.25. The first-order valence-electron chi connectivity index (χ1n) is 4.83. The largest absolute Gasteiger partial charge is 0.303 e. The Labute approximate surface area is 75.9 Å². The van der Waals surface area contributed by atoms with E-state index >= 15 is 0 Å². The molecule has 0 aromatic rings. The van der Waals surface area contributed by atoms with Crippen molar-refractivity contribution in [3.05, 3.63) is 0 Å². The highest BCUT2D eigenvalue weighted by atomic mass is 14.9. The Kier molecular flexibility index (Phi) is 3.17. The Bertz CT molecular complexity index is 176. The Morgan fingerprint density at radius 1 is 1.50 bits per heavy atom.